The quantitative estimate of drug-likeness (QED) is 0.861. The number of nitrogens with one attached hydrogen (secondary N) is 2. The van der Waals surface area contributed by atoms with Crippen LogP contribution in [0.25, 0.3) is 0 Å². The van der Waals surface area contributed by atoms with E-state index in [1.807, 2.05) is 6.92 Å². The third kappa shape index (κ3) is 2.96. The minimum Gasteiger partial charge on any atom is -0.486 e. The van der Waals surface area contributed by atoms with Gasteiger partial charge in [-0.15, -0.1) is 0 Å². The first-order valence-corrected chi connectivity index (χ1v) is 8.51. The molecule has 1 amide bonds. The molecule has 134 valence electrons. The van der Waals surface area contributed by atoms with Crippen LogP contribution in [-0.4, -0.2) is 29.9 Å². The average Bonchev–Trinajstić information content (AvgIpc) is 2.60. The topological polar surface area (TPSA) is 97.5 Å². The van der Waals surface area contributed by atoms with Gasteiger partial charge in [-0.1, -0.05) is 6.92 Å². The molecule has 0 bridgehead atoms. The fourth-order valence-electron chi connectivity index (χ4n) is 3.31. The van der Waals surface area contributed by atoms with Crippen molar-refractivity contribution in [3.63, 3.8) is 0 Å². The smallest absolute Gasteiger partial charge is 0.261 e. The molecule has 7 heteroatoms. The van der Waals surface area contributed by atoms with Crippen LogP contribution in [0.1, 0.15) is 39.8 Å². The normalized spacial score (nSPS) is 18.2. The molecule has 26 heavy (non-hydrogen) atoms. The van der Waals surface area contributed by atoms with E-state index in [0.717, 1.165) is 0 Å². The number of aromatic nitrogens is 1. The number of rotatable bonds is 2. The van der Waals surface area contributed by atoms with E-state index in [1.165, 1.54) is 6.07 Å². The van der Waals surface area contributed by atoms with Gasteiger partial charge in [0.1, 0.15) is 18.8 Å². The molecular formula is C19H18N2O5. The van der Waals surface area contributed by atoms with Crippen LogP contribution in [0, 0.1) is 5.92 Å². The summed E-state index contributed by atoms with van der Waals surface area (Å²) < 4.78 is 10.9. The first-order valence-electron chi connectivity index (χ1n) is 8.51. The second-order valence-corrected chi connectivity index (χ2v) is 6.65. The number of hydrogen-bond donors (Lipinski definition) is 2. The fourth-order valence-corrected chi connectivity index (χ4v) is 3.31. The number of fused-ring (bicyclic) bond motifs is 2. The van der Waals surface area contributed by atoms with Gasteiger partial charge in [-0.2, -0.15) is 0 Å². The number of anilines is 1. The van der Waals surface area contributed by atoms with Crippen LogP contribution in [0.5, 0.6) is 11.5 Å². The zero-order chi connectivity index (χ0) is 18.3. The number of hydrogen-bond acceptors (Lipinski definition) is 5. The van der Waals surface area contributed by atoms with Gasteiger partial charge in [0, 0.05) is 29.4 Å². The van der Waals surface area contributed by atoms with Crippen LogP contribution in [0.3, 0.4) is 0 Å². The van der Waals surface area contributed by atoms with Gasteiger partial charge in [0.15, 0.2) is 17.3 Å². The molecule has 0 radical (unpaired) electrons. The number of amides is 1. The maximum Gasteiger partial charge on any atom is 0.261 e. The first-order chi connectivity index (χ1) is 12.5. The lowest BCUT2D eigenvalue weighted by Crippen LogP contribution is -2.29. The molecule has 1 aromatic heterocycles. The van der Waals surface area contributed by atoms with E-state index in [9.17, 15) is 14.4 Å². The molecule has 1 aromatic carbocycles. The fraction of sp³-hybridized carbons (Fsp3) is 0.316. The Morgan fingerprint density at radius 1 is 1.12 bits per heavy atom. The van der Waals surface area contributed by atoms with Crippen LogP contribution in [0.2, 0.25) is 0 Å². The average molecular weight is 354 g/mol. The van der Waals surface area contributed by atoms with Crippen molar-refractivity contribution in [3.8, 4) is 11.5 Å². The Morgan fingerprint density at radius 3 is 2.69 bits per heavy atom. The lowest BCUT2D eigenvalue weighted by Gasteiger charge is -2.20. The molecule has 1 aliphatic heterocycles. The first kappa shape index (κ1) is 16.4. The van der Waals surface area contributed by atoms with Crippen molar-refractivity contribution in [2.45, 2.75) is 19.8 Å². The van der Waals surface area contributed by atoms with Crippen molar-refractivity contribution >= 4 is 17.4 Å². The van der Waals surface area contributed by atoms with Gasteiger partial charge < -0.3 is 19.8 Å². The Morgan fingerprint density at radius 2 is 1.88 bits per heavy atom. The predicted molar refractivity (Wildman–Crippen MR) is 94.3 cm³/mol. The van der Waals surface area contributed by atoms with E-state index in [4.69, 9.17) is 9.47 Å². The van der Waals surface area contributed by atoms with Crippen molar-refractivity contribution in [2.75, 3.05) is 18.5 Å². The van der Waals surface area contributed by atoms with Crippen LogP contribution >= 0.6 is 0 Å². The van der Waals surface area contributed by atoms with E-state index in [0.29, 0.717) is 54.5 Å². The van der Waals surface area contributed by atoms with Crippen LogP contribution in [-0.2, 0) is 6.42 Å². The summed E-state index contributed by atoms with van der Waals surface area (Å²) in [6.07, 6.45) is 1.04. The molecule has 0 saturated carbocycles. The molecule has 2 aliphatic rings. The summed E-state index contributed by atoms with van der Waals surface area (Å²) in [7, 11) is 0. The van der Waals surface area contributed by atoms with Gasteiger partial charge in [0.05, 0.1) is 0 Å². The molecule has 0 saturated heterocycles. The zero-order valence-corrected chi connectivity index (χ0v) is 14.3. The SMILES string of the molecule is C[C@@H]1CC(=O)c2cc(C(=O)Nc3ccc4c(c3)OCCO4)c(=O)[nH]c2C1. The number of ether oxygens (including phenoxy) is 2. The van der Waals surface area contributed by atoms with Gasteiger partial charge in [-0.3, -0.25) is 14.4 Å². The summed E-state index contributed by atoms with van der Waals surface area (Å²) in [6, 6.07) is 6.42. The molecular weight excluding hydrogens is 336 g/mol. The maximum atomic E-state index is 12.5. The van der Waals surface area contributed by atoms with Gasteiger partial charge >= 0.3 is 0 Å². The Balaban J connectivity index is 1.62. The van der Waals surface area contributed by atoms with Crippen LogP contribution < -0.4 is 20.3 Å². The van der Waals surface area contributed by atoms with Gasteiger partial charge in [0.2, 0.25) is 0 Å². The number of pyridine rings is 1. The number of aromatic amines is 1. The Hall–Kier alpha value is -3.09. The molecule has 7 nitrogen and oxygen atoms in total. The molecule has 0 unspecified atom stereocenters. The summed E-state index contributed by atoms with van der Waals surface area (Å²) in [6.45, 7) is 2.88. The standard InChI is InChI=1S/C19H18N2O5/c1-10-6-14-12(15(22)7-10)9-13(19(24)21-14)18(23)20-11-2-3-16-17(8-11)26-5-4-25-16/h2-3,8-10H,4-7H2,1H3,(H,20,23)(H,21,24)/t10-/m0/s1. The number of carbonyl (C=O) groups excluding carboxylic acids is 2. The number of carbonyl (C=O) groups is 2. The minimum absolute atomic E-state index is 0.0524. The van der Waals surface area contributed by atoms with Crippen molar-refractivity contribution in [3.05, 3.63) is 51.4 Å². The highest BCUT2D eigenvalue weighted by Gasteiger charge is 2.26. The zero-order valence-electron chi connectivity index (χ0n) is 14.3. The number of Topliss-reactive ketones (excluding diaryl/α,β-unsaturated/α-hetero) is 1. The molecule has 2 N–H and O–H groups in total. The molecule has 4 rings (SSSR count). The summed E-state index contributed by atoms with van der Waals surface area (Å²) in [5, 5.41) is 2.67. The van der Waals surface area contributed by atoms with Crippen molar-refractivity contribution in [1.29, 1.82) is 0 Å². The van der Waals surface area contributed by atoms with E-state index < -0.39 is 11.5 Å². The summed E-state index contributed by atoms with van der Waals surface area (Å²) in [4.78, 5) is 39.8. The van der Waals surface area contributed by atoms with Crippen LogP contribution in [0.4, 0.5) is 5.69 Å². The summed E-state index contributed by atoms with van der Waals surface area (Å²) in [5.74, 6) is 0.710. The lowest BCUT2D eigenvalue weighted by atomic mass is 9.86. The Kier molecular flexibility index (Phi) is 3.99. The Bertz CT molecular complexity index is 963. The molecule has 0 spiro atoms. The van der Waals surface area contributed by atoms with E-state index in [1.54, 1.807) is 18.2 Å². The molecule has 1 atom stereocenters. The number of H-pyrrole nitrogens is 1. The second-order valence-electron chi connectivity index (χ2n) is 6.65. The van der Waals surface area contributed by atoms with Gasteiger partial charge in [0.25, 0.3) is 11.5 Å². The predicted octanol–water partition coefficient (Wildman–Crippen LogP) is 2.16. The highest BCUT2D eigenvalue weighted by molar-refractivity contribution is 6.06. The molecule has 0 fully saturated rings. The van der Waals surface area contributed by atoms with E-state index >= 15 is 0 Å². The minimum atomic E-state index is -0.572. The second kappa shape index (κ2) is 6.33. The van der Waals surface area contributed by atoms with Crippen molar-refractivity contribution in [1.82, 2.24) is 4.98 Å². The van der Waals surface area contributed by atoms with Crippen molar-refractivity contribution < 1.29 is 19.1 Å². The Labute approximate surface area is 149 Å². The molecule has 1 aliphatic carbocycles. The van der Waals surface area contributed by atoms with E-state index in [-0.39, 0.29) is 17.3 Å². The molecule has 2 heterocycles. The molecule has 2 aromatic rings. The third-order valence-corrected chi connectivity index (χ3v) is 4.55. The summed E-state index contributed by atoms with van der Waals surface area (Å²) in [5.41, 5.74) is 0.934. The number of benzene rings is 1. The largest absolute Gasteiger partial charge is 0.486 e. The summed E-state index contributed by atoms with van der Waals surface area (Å²) >= 11 is 0. The van der Waals surface area contributed by atoms with E-state index in [2.05, 4.69) is 10.3 Å². The highest BCUT2D eigenvalue weighted by Crippen LogP contribution is 2.32. The van der Waals surface area contributed by atoms with Gasteiger partial charge in [-0.05, 0) is 30.5 Å². The number of ketones is 1. The van der Waals surface area contributed by atoms with Crippen LogP contribution in [0.15, 0.2) is 29.1 Å². The monoisotopic (exact) mass is 354 g/mol. The highest BCUT2D eigenvalue weighted by atomic mass is 16.6. The third-order valence-electron chi connectivity index (χ3n) is 4.55. The maximum absolute atomic E-state index is 12.5. The lowest BCUT2D eigenvalue weighted by molar-refractivity contribution is 0.0952. The van der Waals surface area contributed by atoms with Crippen molar-refractivity contribution in [2.24, 2.45) is 5.92 Å². The van der Waals surface area contributed by atoms with Gasteiger partial charge in [-0.25, -0.2) is 0 Å².